The maximum atomic E-state index is 12.5. The molecule has 0 fully saturated rings. The Balaban J connectivity index is 2.41. The Morgan fingerprint density at radius 3 is 2.48 bits per heavy atom. The minimum absolute atomic E-state index is 0.193. The third kappa shape index (κ3) is 3.70. The first-order chi connectivity index (χ1) is 9.95. The molecule has 0 aliphatic carbocycles. The number of para-hydroxylation sites is 1. The molecule has 0 atom stereocenters. The van der Waals surface area contributed by atoms with Crippen LogP contribution in [-0.4, -0.2) is 15.0 Å². The topological polar surface area (TPSA) is 58.2 Å². The molecule has 0 saturated carbocycles. The quantitative estimate of drug-likeness (QED) is 0.800. The maximum Gasteiger partial charge on any atom is 0.263 e. The summed E-state index contributed by atoms with van der Waals surface area (Å²) in [6.45, 7) is 2.54. The third-order valence-electron chi connectivity index (χ3n) is 2.74. The predicted octanol–water partition coefficient (Wildman–Crippen LogP) is 4.34. The van der Waals surface area contributed by atoms with E-state index in [1.54, 1.807) is 42.5 Å². The number of rotatable bonds is 5. The van der Waals surface area contributed by atoms with Crippen LogP contribution in [0.5, 0.6) is 0 Å². The fourth-order valence-corrected chi connectivity index (χ4v) is 3.75. The zero-order valence-electron chi connectivity index (χ0n) is 11.2. The van der Waals surface area contributed by atoms with Crippen LogP contribution >= 0.6 is 27.5 Å². The number of sulfonamides is 1. The van der Waals surface area contributed by atoms with Gasteiger partial charge in [-0.05, 0) is 47.1 Å². The molecule has 0 unspecified atom stereocenters. The van der Waals surface area contributed by atoms with Crippen LogP contribution in [-0.2, 0) is 10.0 Å². The smallest absolute Gasteiger partial charge is 0.263 e. The summed E-state index contributed by atoms with van der Waals surface area (Å²) in [7, 11) is -3.71. The van der Waals surface area contributed by atoms with Crippen molar-refractivity contribution in [1.29, 1.82) is 0 Å². The Hall–Kier alpha value is -1.24. The second kappa shape index (κ2) is 6.68. The monoisotopic (exact) mass is 388 g/mol. The summed E-state index contributed by atoms with van der Waals surface area (Å²) >= 11 is 9.26. The SMILES string of the molecule is CCNc1ccccc1S(=O)(=O)Nc1cccc(Cl)c1Br. The molecule has 4 nitrogen and oxygen atoms in total. The van der Waals surface area contributed by atoms with Gasteiger partial charge in [-0.2, -0.15) is 0 Å². The molecule has 0 spiro atoms. The maximum absolute atomic E-state index is 12.5. The summed E-state index contributed by atoms with van der Waals surface area (Å²) in [6, 6.07) is 11.7. The van der Waals surface area contributed by atoms with Gasteiger partial charge in [0.2, 0.25) is 0 Å². The van der Waals surface area contributed by atoms with Gasteiger partial charge in [-0.3, -0.25) is 4.72 Å². The Bertz CT molecular complexity index is 750. The van der Waals surface area contributed by atoms with Gasteiger partial charge in [0.25, 0.3) is 10.0 Å². The highest BCUT2D eigenvalue weighted by atomic mass is 79.9. The standard InChI is InChI=1S/C14H14BrClN2O2S/c1-2-17-11-7-3-4-9-13(11)21(19,20)18-12-8-5-6-10(16)14(12)15/h3-9,17-18H,2H2,1H3. The van der Waals surface area contributed by atoms with Gasteiger partial charge in [0.15, 0.2) is 0 Å². The van der Waals surface area contributed by atoms with Crippen LogP contribution in [0.25, 0.3) is 0 Å². The highest BCUT2D eigenvalue weighted by Crippen LogP contribution is 2.32. The van der Waals surface area contributed by atoms with Crippen LogP contribution in [0.15, 0.2) is 51.8 Å². The van der Waals surface area contributed by atoms with Crippen molar-refractivity contribution in [2.45, 2.75) is 11.8 Å². The lowest BCUT2D eigenvalue weighted by Crippen LogP contribution is -2.15. The average molecular weight is 390 g/mol. The molecule has 21 heavy (non-hydrogen) atoms. The van der Waals surface area contributed by atoms with Gasteiger partial charge in [0.1, 0.15) is 4.90 Å². The van der Waals surface area contributed by atoms with Gasteiger partial charge in [-0.15, -0.1) is 0 Å². The van der Waals surface area contributed by atoms with Crippen molar-refractivity contribution in [3.8, 4) is 0 Å². The van der Waals surface area contributed by atoms with Gasteiger partial charge >= 0.3 is 0 Å². The number of benzene rings is 2. The van der Waals surface area contributed by atoms with Gasteiger partial charge in [-0.25, -0.2) is 8.42 Å². The molecule has 0 heterocycles. The van der Waals surface area contributed by atoms with Crippen LogP contribution in [0.3, 0.4) is 0 Å². The molecule has 0 aliphatic heterocycles. The predicted molar refractivity (Wildman–Crippen MR) is 90.6 cm³/mol. The van der Waals surface area contributed by atoms with Gasteiger partial charge in [0.05, 0.1) is 20.9 Å². The molecule has 2 N–H and O–H groups in total. The van der Waals surface area contributed by atoms with Gasteiger partial charge in [0, 0.05) is 6.54 Å². The molecule has 2 aromatic rings. The Morgan fingerprint density at radius 2 is 1.76 bits per heavy atom. The summed E-state index contributed by atoms with van der Waals surface area (Å²) < 4.78 is 28.1. The first-order valence-electron chi connectivity index (χ1n) is 6.25. The molecule has 0 aliphatic rings. The lowest BCUT2D eigenvalue weighted by molar-refractivity contribution is 0.601. The third-order valence-corrected chi connectivity index (χ3v) is 5.56. The first-order valence-corrected chi connectivity index (χ1v) is 8.91. The lowest BCUT2D eigenvalue weighted by Gasteiger charge is -2.14. The van der Waals surface area contributed by atoms with E-state index in [4.69, 9.17) is 11.6 Å². The van der Waals surface area contributed by atoms with E-state index in [-0.39, 0.29) is 4.90 Å². The number of hydrogen-bond donors (Lipinski definition) is 2. The summed E-state index contributed by atoms with van der Waals surface area (Å²) in [5.41, 5.74) is 0.958. The second-order valence-corrected chi connectivity index (χ2v) is 7.08. The lowest BCUT2D eigenvalue weighted by atomic mass is 10.3. The molecular weight excluding hydrogens is 376 g/mol. The van der Waals surface area contributed by atoms with Crippen molar-refractivity contribution in [3.05, 3.63) is 52.0 Å². The van der Waals surface area contributed by atoms with Crippen LogP contribution in [0.2, 0.25) is 5.02 Å². The molecule has 2 aromatic carbocycles. The molecule has 112 valence electrons. The minimum atomic E-state index is -3.71. The average Bonchev–Trinajstić information content (AvgIpc) is 2.44. The molecule has 0 saturated heterocycles. The fourth-order valence-electron chi connectivity index (χ4n) is 1.82. The highest BCUT2D eigenvalue weighted by molar-refractivity contribution is 9.10. The van der Waals surface area contributed by atoms with E-state index in [0.29, 0.717) is 27.4 Å². The van der Waals surface area contributed by atoms with Crippen LogP contribution < -0.4 is 10.0 Å². The zero-order chi connectivity index (χ0) is 15.5. The van der Waals surface area contributed by atoms with Crippen LogP contribution in [0.1, 0.15) is 6.92 Å². The second-order valence-electron chi connectivity index (χ2n) is 4.23. The number of nitrogens with one attached hydrogen (secondary N) is 2. The molecule has 2 rings (SSSR count). The molecule has 0 radical (unpaired) electrons. The first kappa shape index (κ1) is 16.1. The summed E-state index contributed by atoms with van der Waals surface area (Å²) in [5.74, 6) is 0. The zero-order valence-corrected chi connectivity index (χ0v) is 14.4. The van der Waals surface area contributed by atoms with Crippen molar-refractivity contribution in [2.24, 2.45) is 0 Å². The van der Waals surface area contributed by atoms with Gasteiger partial charge < -0.3 is 5.32 Å². The molecule has 0 aromatic heterocycles. The van der Waals surface area contributed by atoms with Crippen molar-refractivity contribution < 1.29 is 8.42 Å². The van der Waals surface area contributed by atoms with Crippen molar-refractivity contribution >= 4 is 48.9 Å². The van der Waals surface area contributed by atoms with E-state index in [9.17, 15) is 8.42 Å². The van der Waals surface area contributed by atoms with E-state index in [2.05, 4.69) is 26.0 Å². The summed E-state index contributed by atoms with van der Waals surface area (Å²) in [4.78, 5) is 0.193. The van der Waals surface area contributed by atoms with Crippen molar-refractivity contribution in [2.75, 3.05) is 16.6 Å². The van der Waals surface area contributed by atoms with E-state index in [1.807, 2.05) is 6.92 Å². The van der Waals surface area contributed by atoms with E-state index in [1.165, 1.54) is 0 Å². The fraction of sp³-hybridized carbons (Fsp3) is 0.143. The number of hydrogen-bond acceptors (Lipinski definition) is 3. The van der Waals surface area contributed by atoms with Crippen LogP contribution in [0, 0.1) is 0 Å². The molecule has 7 heteroatoms. The Labute approximate surface area is 137 Å². The Kier molecular flexibility index (Phi) is 5.13. The van der Waals surface area contributed by atoms with E-state index >= 15 is 0 Å². The van der Waals surface area contributed by atoms with Crippen molar-refractivity contribution in [3.63, 3.8) is 0 Å². The minimum Gasteiger partial charge on any atom is -0.384 e. The van der Waals surface area contributed by atoms with E-state index < -0.39 is 10.0 Å². The summed E-state index contributed by atoms with van der Waals surface area (Å²) in [5, 5.41) is 3.48. The van der Waals surface area contributed by atoms with Crippen molar-refractivity contribution in [1.82, 2.24) is 0 Å². The molecular formula is C14H14BrClN2O2S. The van der Waals surface area contributed by atoms with Gasteiger partial charge in [-0.1, -0.05) is 29.8 Å². The normalized spacial score (nSPS) is 11.2. The van der Waals surface area contributed by atoms with Crippen LogP contribution in [0.4, 0.5) is 11.4 Å². The highest BCUT2D eigenvalue weighted by Gasteiger charge is 2.19. The molecule has 0 bridgehead atoms. The largest absolute Gasteiger partial charge is 0.384 e. The Morgan fingerprint density at radius 1 is 1.10 bits per heavy atom. The number of anilines is 2. The number of halogens is 2. The molecule has 0 amide bonds. The summed E-state index contributed by atoms with van der Waals surface area (Å²) in [6.07, 6.45) is 0. The van der Waals surface area contributed by atoms with E-state index in [0.717, 1.165) is 0 Å².